The topological polar surface area (TPSA) is 47.6 Å². The van der Waals surface area contributed by atoms with Crippen molar-refractivity contribution in [2.24, 2.45) is 0 Å². The molecule has 29 heavy (non-hydrogen) atoms. The molecule has 0 saturated heterocycles. The van der Waals surface area contributed by atoms with E-state index in [-0.39, 0.29) is 12.0 Å². The van der Waals surface area contributed by atoms with Crippen molar-refractivity contribution in [3.05, 3.63) is 94.0 Å². The Morgan fingerprint density at radius 1 is 1.03 bits per heavy atom. The standard InChI is InChI=1S/C24H24BrNO3/c1-3-28-24(27)20-11-9-19(10-12-20)17(2)26-22-15-21(25)13-14-23(22)29-16-18-7-5-4-6-8-18/h4-15,17,26H,3,16H2,1-2H3. The first-order valence-electron chi connectivity index (χ1n) is 9.56. The average molecular weight is 454 g/mol. The summed E-state index contributed by atoms with van der Waals surface area (Å²) in [5.41, 5.74) is 3.63. The van der Waals surface area contributed by atoms with Gasteiger partial charge in [0.2, 0.25) is 0 Å². The zero-order valence-electron chi connectivity index (χ0n) is 16.5. The van der Waals surface area contributed by atoms with E-state index >= 15 is 0 Å². The summed E-state index contributed by atoms with van der Waals surface area (Å²) in [7, 11) is 0. The molecule has 3 rings (SSSR count). The van der Waals surface area contributed by atoms with Crippen molar-refractivity contribution in [3.8, 4) is 5.75 Å². The summed E-state index contributed by atoms with van der Waals surface area (Å²) in [4.78, 5) is 11.8. The number of benzene rings is 3. The number of anilines is 1. The molecule has 150 valence electrons. The van der Waals surface area contributed by atoms with Crippen molar-refractivity contribution in [2.45, 2.75) is 26.5 Å². The summed E-state index contributed by atoms with van der Waals surface area (Å²) in [6.45, 7) is 4.74. The third kappa shape index (κ3) is 5.84. The quantitative estimate of drug-likeness (QED) is 0.402. The van der Waals surface area contributed by atoms with Crippen LogP contribution in [-0.2, 0) is 11.3 Å². The van der Waals surface area contributed by atoms with Gasteiger partial charge in [-0.05, 0) is 55.3 Å². The number of esters is 1. The molecule has 0 saturated carbocycles. The van der Waals surface area contributed by atoms with E-state index in [1.165, 1.54) is 0 Å². The maximum absolute atomic E-state index is 11.8. The van der Waals surface area contributed by atoms with Crippen molar-refractivity contribution >= 4 is 27.6 Å². The summed E-state index contributed by atoms with van der Waals surface area (Å²) in [5, 5.41) is 3.51. The minimum atomic E-state index is -0.303. The van der Waals surface area contributed by atoms with Crippen molar-refractivity contribution < 1.29 is 14.3 Å². The van der Waals surface area contributed by atoms with Gasteiger partial charge in [-0.15, -0.1) is 0 Å². The smallest absolute Gasteiger partial charge is 0.338 e. The molecule has 1 unspecified atom stereocenters. The molecule has 0 heterocycles. The predicted octanol–water partition coefficient (Wildman–Crippen LogP) is 6.38. The largest absolute Gasteiger partial charge is 0.487 e. The fraction of sp³-hybridized carbons (Fsp3) is 0.208. The van der Waals surface area contributed by atoms with Gasteiger partial charge in [0.05, 0.1) is 17.9 Å². The summed E-state index contributed by atoms with van der Waals surface area (Å²) < 4.78 is 12.1. The van der Waals surface area contributed by atoms with Crippen molar-refractivity contribution in [1.82, 2.24) is 0 Å². The lowest BCUT2D eigenvalue weighted by Crippen LogP contribution is -2.09. The van der Waals surface area contributed by atoms with Crippen LogP contribution in [0.4, 0.5) is 5.69 Å². The normalized spacial score (nSPS) is 11.6. The van der Waals surface area contributed by atoms with Crippen LogP contribution in [-0.4, -0.2) is 12.6 Å². The van der Waals surface area contributed by atoms with Gasteiger partial charge >= 0.3 is 5.97 Å². The summed E-state index contributed by atoms with van der Waals surface area (Å²) >= 11 is 3.53. The zero-order chi connectivity index (χ0) is 20.6. The Morgan fingerprint density at radius 3 is 2.45 bits per heavy atom. The molecule has 4 nitrogen and oxygen atoms in total. The molecule has 0 amide bonds. The summed E-state index contributed by atoms with van der Waals surface area (Å²) in [5.74, 6) is 0.482. The van der Waals surface area contributed by atoms with E-state index < -0.39 is 0 Å². The molecule has 3 aromatic carbocycles. The number of carbonyl (C=O) groups is 1. The van der Waals surface area contributed by atoms with Gasteiger partial charge in [-0.2, -0.15) is 0 Å². The molecular formula is C24H24BrNO3. The monoisotopic (exact) mass is 453 g/mol. The van der Waals surface area contributed by atoms with Crippen LogP contribution in [0.15, 0.2) is 77.3 Å². The van der Waals surface area contributed by atoms with E-state index in [0.29, 0.717) is 18.8 Å². The molecule has 3 aromatic rings. The number of carbonyl (C=O) groups excluding carboxylic acids is 1. The molecule has 0 aliphatic carbocycles. The number of ether oxygens (including phenoxy) is 2. The van der Waals surface area contributed by atoms with E-state index in [1.54, 1.807) is 19.1 Å². The lowest BCUT2D eigenvalue weighted by atomic mass is 10.1. The van der Waals surface area contributed by atoms with E-state index in [0.717, 1.165) is 27.0 Å². The third-order valence-electron chi connectivity index (χ3n) is 4.47. The van der Waals surface area contributed by atoms with Crippen LogP contribution in [0.2, 0.25) is 0 Å². The number of hydrogen-bond acceptors (Lipinski definition) is 4. The van der Waals surface area contributed by atoms with Crippen LogP contribution >= 0.6 is 15.9 Å². The molecule has 1 atom stereocenters. The fourth-order valence-electron chi connectivity index (χ4n) is 2.92. The molecule has 0 spiro atoms. The van der Waals surface area contributed by atoms with Crippen LogP contribution in [0.5, 0.6) is 5.75 Å². The van der Waals surface area contributed by atoms with Crippen molar-refractivity contribution in [3.63, 3.8) is 0 Å². The second kappa shape index (κ2) is 10.1. The van der Waals surface area contributed by atoms with Crippen LogP contribution in [0.25, 0.3) is 0 Å². The van der Waals surface area contributed by atoms with Gasteiger partial charge in [0.15, 0.2) is 0 Å². The fourth-order valence-corrected chi connectivity index (χ4v) is 3.28. The van der Waals surface area contributed by atoms with Crippen LogP contribution in [0.1, 0.15) is 41.4 Å². The number of halogens is 1. The van der Waals surface area contributed by atoms with E-state index in [1.807, 2.05) is 60.7 Å². The number of hydrogen-bond donors (Lipinski definition) is 1. The maximum atomic E-state index is 11.8. The molecule has 5 heteroatoms. The molecule has 0 fully saturated rings. The summed E-state index contributed by atoms with van der Waals surface area (Å²) in [6.07, 6.45) is 0. The third-order valence-corrected chi connectivity index (χ3v) is 4.97. The second-order valence-electron chi connectivity index (χ2n) is 6.62. The van der Waals surface area contributed by atoms with Gasteiger partial charge < -0.3 is 14.8 Å². The molecule has 1 N–H and O–H groups in total. The van der Waals surface area contributed by atoms with E-state index in [2.05, 4.69) is 28.2 Å². The average Bonchev–Trinajstić information content (AvgIpc) is 2.74. The van der Waals surface area contributed by atoms with Gasteiger partial charge in [0, 0.05) is 10.5 Å². The van der Waals surface area contributed by atoms with Gasteiger partial charge in [0.1, 0.15) is 12.4 Å². The molecule has 0 bridgehead atoms. The molecule has 0 aliphatic heterocycles. The number of nitrogens with one attached hydrogen (secondary N) is 1. The first kappa shape index (κ1) is 20.9. The SMILES string of the molecule is CCOC(=O)c1ccc(C(C)Nc2cc(Br)ccc2OCc2ccccc2)cc1. The van der Waals surface area contributed by atoms with Crippen LogP contribution in [0, 0.1) is 0 Å². The van der Waals surface area contributed by atoms with Crippen molar-refractivity contribution in [1.29, 1.82) is 0 Å². The van der Waals surface area contributed by atoms with Gasteiger partial charge in [-0.1, -0.05) is 58.4 Å². The minimum absolute atomic E-state index is 0.0274. The maximum Gasteiger partial charge on any atom is 0.338 e. The summed E-state index contributed by atoms with van der Waals surface area (Å²) in [6, 6.07) is 23.5. The minimum Gasteiger partial charge on any atom is -0.487 e. The lowest BCUT2D eigenvalue weighted by molar-refractivity contribution is 0.0526. The molecule has 0 aliphatic rings. The Bertz CT molecular complexity index is 942. The van der Waals surface area contributed by atoms with Crippen LogP contribution in [0.3, 0.4) is 0 Å². The first-order chi connectivity index (χ1) is 14.1. The van der Waals surface area contributed by atoms with E-state index in [4.69, 9.17) is 9.47 Å². The Hall–Kier alpha value is -2.79. The molecule has 0 radical (unpaired) electrons. The van der Waals surface area contributed by atoms with Gasteiger partial charge in [-0.3, -0.25) is 0 Å². The predicted molar refractivity (Wildman–Crippen MR) is 119 cm³/mol. The van der Waals surface area contributed by atoms with E-state index in [9.17, 15) is 4.79 Å². The van der Waals surface area contributed by atoms with Gasteiger partial charge in [-0.25, -0.2) is 4.79 Å². The highest BCUT2D eigenvalue weighted by Crippen LogP contribution is 2.32. The highest BCUT2D eigenvalue weighted by Gasteiger charge is 2.12. The van der Waals surface area contributed by atoms with Crippen molar-refractivity contribution in [2.75, 3.05) is 11.9 Å². The highest BCUT2D eigenvalue weighted by molar-refractivity contribution is 9.10. The lowest BCUT2D eigenvalue weighted by Gasteiger charge is -2.19. The molecular weight excluding hydrogens is 430 g/mol. The number of rotatable bonds is 8. The Kier molecular flexibility index (Phi) is 7.30. The second-order valence-corrected chi connectivity index (χ2v) is 7.54. The zero-order valence-corrected chi connectivity index (χ0v) is 18.1. The Balaban J connectivity index is 1.71. The van der Waals surface area contributed by atoms with Gasteiger partial charge in [0.25, 0.3) is 0 Å². The highest BCUT2D eigenvalue weighted by atomic mass is 79.9. The first-order valence-corrected chi connectivity index (χ1v) is 10.4. The Morgan fingerprint density at radius 2 is 1.76 bits per heavy atom. The van der Waals surface area contributed by atoms with Crippen LogP contribution < -0.4 is 10.1 Å². The molecule has 0 aromatic heterocycles. The Labute approximate surface area is 180 Å².